The van der Waals surface area contributed by atoms with E-state index in [1.165, 1.54) is 12.8 Å². The van der Waals surface area contributed by atoms with Gasteiger partial charge in [-0.05, 0) is 34.2 Å². The van der Waals surface area contributed by atoms with Gasteiger partial charge in [0.2, 0.25) is 0 Å². The lowest BCUT2D eigenvalue weighted by Gasteiger charge is -1.99. The van der Waals surface area contributed by atoms with Gasteiger partial charge in [-0.1, -0.05) is 6.92 Å². The zero-order chi connectivity index (χ0) is 6.20. The molecule has 0 heterocycles. The Hall–Kier alpha value is 0.150. The average molecular weight is 177 g/mol. The highest BCUT2D eigenvalue weighted by Gasteiger charge is 2.38. The van der Waals surface area contributed by atoms with Crippen LogP contribution in [-0.4, -0.2) is 4.69 Å². The maximum Gasteiger partial charge on any atom is 0.198 e. The Kier molecular flexibility index (Phi) is 1.44. The molecule has 1 saturated carbocycles. The molecule has 0 atom stereocenters. The molecule has 0 radical (unpaired) electrons. The molecule has 2 heteroatoms. The predicted octanol–water partition coefficient (Wildman–Crippen LogP) is 2.10. The summed E-state index contributed by atoms with van der Waals surface area (Å²) in [5.41, 5.74) is 0.376. The van der Waals surface area contributed by atoms with Gasteiger partial charge < -0.3 is 0 Å². The fraction of sp³-hybridized carbons (Fsp3) is 0.833. The van der Waals surface area contributed by atoms with Crippen molar-refractivity contribution in [1.29, 1.82) is 0 Å². The first-order chi connectivity index (χ1) is 3.62. The molecule has 0 spiro atoms. The van der Waals surface area contributed by atoms with Gasteiger partial charge in [0.05, 0.1) is 0 Å². The van der Waals surface area contributed by atoms with Crippen molar-refractivity contribution < 1.29 is 4.79 Å². The number of rotatable bonds is 2. The molecule has 0 saturated heterocycles. The van der Waals surface area contributed by atoms with Gasteiger partial charge in [-0.15, -0.1) is 0 Å². The van der Waals surface area contributed by atoms with E-state index in [4.69, 9.17) is 0 Å². The second-order valence-electron chi connectivity index (χ2n) is 2.84. The number of hydrogen-bond donors (Lipinski definition) is 0. The number of hydrogen-bond acceptors (Lipinski definition) is 1. The van der Waals surface area contributed by atoms with Crippen molar-refractivity contribution in [2.24, 2.45) is 5.41 Å². The minimum Gasteiger partial charge on any atom is -0.287 e. The van der Waals surface area contributed by atoms with Gasteiger partial charge in [-0.3, -0.25) is 4.79 Å². The van der Waals surface area contributed by atoms with Gasteiger partial charge in [0.15, 0.2) is 4.69 Å². The number of carbonyl (C=O) groups excluding carboxylic acids is 1. The summed E-state index contributed by atoms with van der Waals surface area (Å²) in [6.07, 6.45) is 3.17. The van der Waals surface area contributed by atoms with Crippen molar-refractivity contribution in [3.63, 3.8) is 0 Å². The van der Waals surface area contributed by atoms with E-state index in [1.807, 2.05) is 0 Å². The molecule has 1 aliphatic carbocycles. The van der Waals surface area contributed by atoms with E-state index in [0.717, 1.165) is 0 Å². The Labute approximate surface area is 57.6 Å². The molecule has 1 nitrogen and oxygen atoms in total. The second kappa shape index (κ2) is 1.83. The molecule has 1 aliphatic rings. The van der Waals surface area contributed by atoms with Crippen molar-refractivity contribution in [2.75, 3.05) is 0 Å². The number of carbonyl (C=O) groups is 1. The van der Waals surface area contributed by atoms with E-state index >= 15 is 0 Å². The van der Waals surface area contributed by atoms with Crippen LogP contribution in [0.4, 0.5) is 0 Å². The molecule has 1 fully saturated rings. The summed E-state index contributed by atoms with van der Waals surface area (Å²) in [5, 5.41) is 0. The van der Waals surface area contributed by atoms with Crippen LogP contribution in [0.1, 0.15) is 26.2 Å². The van der Waals surface area contributed by atoms with Crippen molar-refractivity contribution in [3.8, 4) is 0 Å². The maximum atomic E-state index is 10.4. The fourth-order valence-corrected chi connectivity index (χ4v) is 1.40. The Morgan fingerprint density at radius 1 is 1.75 bits per heavy atom. The summed E-state index contributed by atoms with van der Waals surface area (Å²) in [6.45, 7) is 2.14. The Morgan fingerprint density at radius 3 is 2.38 bits per heavy atom. The first-order valence-electron chi connectivity index (χ1n) is 2.81. The third kappa shape index (κ3) is 1.58. The zero-order valence-electron chi connectivity index (χ0n) is 4.91. The molecule has 0 unspecified atom stereocenters. The van der Waals surface area contributed by atoms with E-state index in [1.54, 1.807) is 0 Å². The molecule has 46 valence electrons. The van der Waals surface area contributed by atoms with Gasteiger partial charge in [0.1, 0.15) is 0 Å². The highest BCUT2D eigenvalue weighted by Crippen LogP contribution is 2.48. The van der Waals surface area contributed by atoms with Crippen LogP contribution in [0.5, 0.6) is 0 Å². The quantitative estimate of drug-likeness (QED) is 0.590. The van der Waals surface area contributed by atoms with Crippen LogP contribution < -0.4 is 0 Å². The second-order valence-corrected chi connectivity index (χ2v) is 3.73. The molecular weight excluding hydrogens is 168 g/mol. The minimum absolute atomic E-state index is 0.150. The third-order valence-corrected chi connectivity index (χ3v) is 1.95. The van der Waals surface area contributed by atoms with Crippen LogP contribution in [0.15, 0.2) is 0 Å². The lowest BCUT2D eigenvalue weighted by Crippen LogP contribution is -1.97. The maximum absolute atomic E-state index is 10.4. The lowest BCUT2D eigenvalue weighted by molar-refractivity contribution is -0.111. The van der Waals surface area contributed by atoms with Crippen LogP contribution >= 0.6 is 15.9 Å². The summed E-state index contributed by atoms with van der Waals surface area (Å²) in [6, 6.07) is 0. The third-order valence-electron chi connectivity index (χ3n) is 1.67. The molecule has 0 aromatic carbocycles. The van der Waals surface area contributed by atoms with Crippen LogP contribution in [0, 0.1) is 5.41 Å². The van der Waals surface area contributed by atoms with Gasteiger partial charge in [-0.25, -0.2) is 0 Å². The summed E-state index contributed by atoms with van der Waals surface area (Å²) in [7, 11) is 0. The van der Waals surface area contributed by atoms with Crippen LogP contribution in [-0.2, 0) is 4.79 Å². The summed E-state index contributed by atoms with van der Waals surface area (Å²) in [5.74, 6) is 0. The van der Waals surface area contributed by atoms with Gasteiger partial charge in [0, 0.05) is 6.42 Å². The smallest absolute Gasteiger partial charge is 0.198 e. The highest BCUT2D eigenvalue weighted by atomic mass is 79.9. The molecule has 0 aromatic rings. The van der Waals surface area contributed by atoms with Crippen molar-refractivity contribution >= 4 is 20.6 Å². The highest BCUT2D eigenvalue weighted by molar-refractivity contribution is 9.18. The van der Waals surface area contributed by atoms with Crippen LogP contribution in [0.3, 0.4) is 0 Å². The monoisotopic (exact) mass is 176 g/mol. The van der Waals surface area contributed by atoms with Gasteiger partial charge in [0.25, 0.3) is 0 Å². The van der Waals surface area contributed by atoms with E-state index in [9.17, 15) is 4.79 Å². The molecule has 0 aliphatic heterocycles. The number of halogens is 1. The van der Waals surface area contributed by atoms with Gasteiger partial charge >= 0.3 is 0 Å². The van der Waals surface area contributed by atoms with E-state index in [2.05, 4.69) is 22.9 Å². The largest absolute Gasteiger partial charge is 0.287 e. The van der Waals surface area contributed by atoms with Crippen molar-refractivity contribution in [2.45, 2.75) is 26.2 Å². The molecule has 0 amide bonds. The molecule has 0 aromatic heterocycles. The van der Waals surface area contributed by atoms with Gasteiger partial charge in [-0.2, -0.15) is 0 Å². The van der Waals surface area contributed by atoms with E-state index in [-0.39, 0.29) is 4.69 Å². The normalized spacial score (nSPS) is 22.8. The molecular formula is C6H9BrO. The first-order valence-corrected chi connectivity index (χ1v) is 3.60. The SMILES string of the molecule is CC1(CC(=O)Br)CC1. The lowest BCUT2D eigenvalue weighted by atomic mass is 10.1. The zero-order valence-corrected chi connectivity index (χ0v) is 6.49. The molecule has 1 rings (SSSR count). The first kappa shape index (κ1) is 6.27. The summed E-state index contributed by atoms with van der Waals surface area (Å²) >= 11 is 2.91. The molecule has 8 heavy (non-hydrogen) atoms. The van der Waals surface area contributed by atoms with Crippen molar-refractivity contribution in [3.05, 3.63) is 0 Å². The van der Waals surface area contributed by atoms with Crippen molar-refractivity contribution in [1.82, 2.24) is 0 Å². The minimum atomic E-state index is 0.150. The standard InChI is InChI=1S/C6H9BrO/c1-6(2-3-6)4-5(7)8/h2-4H2,1H3. The van der Waals surface area contributed by atoms with Crippen LogP contribution in [0.25, 0.3) is 0 Å². The average Bonchev–Trinajstić information content (AvgIpc) is 2.17. The predicted molar refractivity (Wildman–Crippen MR) is 35.9 cm³/mol. The van der Waals surface area contributed by atoms with E-state index in [0.29, 0.717) is 11.8 Å². The van der Waals surface area contributed by atoms with Crippen LogP contribution in [0.2, 0.25) is 0 Å². The Morgan fingerprint density at radius 2 is 2.25 bits per heavy atom. The summed E-state index contributed by atoms with van der Waals surface area (Å²) < 4.78 is 0.150. The topological polar surface area (TPSA) is 17.1 Å². The Balaban J connectivity index is 2.29. The molecule has 0 bridgehead atoms. The fourth-order valence-electron chi connectivity index (χ4n) is 0.726. The van der Waals surface area contributed by atoms with E-state index < -0.39 is 0 Å². The summed E-state index contributed by atoms with van der Waals surface area (Å²) in [4.78, 5) is 10.4. The molecule has 0 N–H and O–H groups in total. The Bertz CT molecular complexity index is 116.